The molecule has 4 heteroatoms. The molecule has 0 amide bonds. The molecule has 2 N–H and O–H groups in total. The van der Waals surface area contributed by atoms with Gasteiger partial charge in [-0.2, -0.15) is 0 Å². The van der Waals surface area contributed by atoms with Gasteiger partial charge in [-0.15, -0.1) is 0 Å². The summed E-state index contributed by atoms with van der Waals surface area (Å²) in [5.41, 5.74) is 1.14. The maximum atomic E-state index is 9.74. The van der Waals surface area contributed by atoms with E-state index in [2.05, 4.69) is 40.1 Å². The van der Waals surface area contributed by atoms with E-state index in [4.69, 9.17) is 0 Å². The quantitative estimate of drug-likeness (QED) is 0.875. The van der Waals surface area contributed by atoms with Crippen LogP contribution in [0.25, 0.3) is 0 Å². The van der Waals surface area contributed by atoms with Crippen LogP contribution in [-0.4, -0.2) is 22.7 Å². The second kappa shape index (κ2) is 6.21. The fourth-order valence-corrected chi connectivity index (χ4v) is 1.88. The second-order valence-electron chi connectivity index (χ2n) is 4.45. The van der Waals surface area contributed by atoms with Crippen LogP contribution >= 0.6 is 15.9 Å². The molecule has 0 aromatic carbocycles. The van der Waals surface area contributed by atoms with E-state index >= 15 is 0 Å². The van der Waals surface area contributed by atoms with Crippen LogP contribution in [0.3, 0.4) is 0 Å². The molecule has 0 saturated carbocycles. The van der Waals surface area contributed by atoms with Gasteiger partial charge in [0.1, 0.15) is 5.82 Å². The van der Waals surface area contributed by atoms with Gasteiger partial charge in [0, 0.05) is 12.7 Å². The molecule has 90 valence electrons. The number of hydrogen-bond donors (Lipinski definition) is 2. The minimum Gasteiger partial charge on any atom is -0.391 e. The number of anilines is 1. The molecule has 0 fully saturated rings. The zero-order valence-electron chi connectivity index (χ0n) is 10.00. The average Bonchev–Trinajstić information content (AvgIpc) is 2.19. The van der Waals surface area contributed by atoms with Crippen molar-refractivity contribution >= 4 is 21.7 Å². The average molecular weight is 287 g/mol. The molecule has 1 rings (SSSR count). The number of aliphatic hydroxyl groups is 1. The fraction of sp³-hybridized carbons (Fsp3) is 0.583. The highest BCUT2D eigenvalue weighted by Crippen LogP contribution is 2.23. The van der Waals surface area contributed by atoms with Crippen LogP contribution in [0, 0.1) is 12.8 Å². The molecule has 0 aliphatic heterocycles. The van der Waals surface area contributed by atoms with Crippen molar-refractivity contribution < 1.29 is 5.11 Å². The summed E-state index contributed by atoms with van der Waals surface area (Å²) in [4.78, 5) is 4.22. The van der Waals surface area contributed by atoms with Gasteiger partial charge < -0.3 is 10.4 Å². The molecular formula is C12H19BrN2O. The lowest BCUT2D eigenvalue weighted by Gasteiger charge is -2.15. The van der Waals surface area contributed by atoms with Crippen LogP contribution in [0.2, 0.25) is 0 Å². The largest absolute Gasteiger partial charge is 0.391 e. The summed E-state index contributed by atoms with van der Waals surface area (Å²) in [6.45, 7) is 6.75. The molecule has 3 nitrogen and oxygen atoms in total. The van der Waals surface area contributed by atoms with E-state index in [1.807, 2.05) is 13.0 Å². The Labute approximate surface area is 105 Å². The first-order valence-electron chi connectivity index (χ1n) is 5.53. The third kappa shape index (κ3) is 4.10. The number of aromatic nitrogens is 1. The van der Waals surface area contributed by atoms with Crippen molar-refractivity contribution in [3.8, 4) is 0 Å². The Hall–Kier alpha value is -0.610. The molecule has 1 atom stereocenters. The van der Waals surface area contributed by atoms with E-state index < -0.39 is 0 Å². The van der Waals surface area contributed by atoms with E-state index in [0.29, 0.717) is 12.5 Å². The summed E-state index contributed by atoms with van der Waals surface area (Å²) < 4.78 is 0.965. The molecule has 1 aromatic rings. The van der Waals surface area contributed by atoms with Gasteiger partial charge in [-0.1, -0.05) is 13.8 Å². The molecule has 1 unspecified atom stereocenters. The number of aliphatic hydroxyl groups excluding tert-OH is 1. The maximum absolute atomic E-state index is 9.74. The summed E-state index contributed by atoms with van der Waals surface area (Å²) in [5.74, 6) is 1.30. The molecule has 1 heterocycles. The fourth-order valence-electron chi connectivity index (χ4n) is 1.51. The Morgan fingerprint density at radius 3 is 2.81 bits per heavy atom. The lowest BCUT2D eigenvalue weighted by molar-refractivity contribution is 0.161. The predicted molar refractivity (Wildman–Crippen MR) is 70.6 cm³/mol. The van der Waals surface area contributed by atoms with Gasteiger partial charge in [0.05, 0.1) is 10.6 Å². The third-order valence-electron chi connectivity index (χ3n) is 2.33. The number of aryl methyl sites for hydroxylation is 1. The Morgan fingerprint density at radius 1 is 1.50 bits per heavy atom. The summed E-state index contributed by atoms with van der Waals surface area (Å²) in [5, 5.41) is 12.9. The number of hydrogen-bond acceptors (Lipinski definition) is 3. The van der Waals surface area contributed by atoms with Gasteiger partial charge in [-0.25, -0.2) is 4.98 Å². The highest BCUT2D eigenvalue weighted by atomic mass is 79.9. The topological polar surface area (TPSA) is 45.2 Å². The monoisotopic (exact) mass is 286 g/mol. The van der Waals surface area contributed by atoms with Crippen LogP contribution < -0.4 is 5.32 Å². The molecule has 0 aliphatic carbocycles. The zero-order chi connectivity index (χ0) is 12.1. The van der Waals surface area contributed by atoms with Crippen LogP contribution in [0.5, 0.6) is 0 Å². The standard InChI is InChI=1S/C12H19BrN2O/c1-8(2)6-10(16)7-15-12-11(13)9(3)4-5-14-12/h4-5,8,10,16H,6-7H2,1-3H3,(H,14,15). The number of nitrogens with one attached hydrogen (secondary N) is 1. The Kier molecular flexibility index (Phi) is 5.22. The molecule has 1 aromatic heterocycles. The first-order chi connectivity index (χ1) is 7.50. The van der Waals surface area contributed by atoms with E-state index in [9.17, 15) is 5.11 Å². The Balaban J connectivity index is 2.51. The first-order valence-corrected chi connectivity index (χ1v) is 6.33. The maximum Gasteiger partial charge on any atom is 0.140 e. The van der Waals surface area contributed by atoms with Crippen LogP contribution in [0.15, 0.2) is 16.7 Å². The summed E-state index contributed by atoms with van der Waals surface area (Å²) in [6.07, 6.45) is 2.24. The van der Waals surface area contributed by atoms with Crippen molar-refractivity contribution in [3.05, 3.63) is 22.3 Å². The van der Waals surface area contributed by atoms with Gasteiger partial charge in [0.25, 0.3) is 0 Å². The minimum absolute atomic E-state index is 0.325. The van der Waals surface area contributed by atoms with Gasteiger partial charge in [-0.3, -0.25) is 0 Å². The van der Waals surface area contributed by atoms with E-state index in [-0.39, 0.29) is 6.10 Å². The number of rotatable bonds is 5. The van der Waals surface area contributed by atoms with Crippen molar-refractivity contribution in [2.24, 2.45) is 5.92 Å². The van der Waals surface area contributed by atoms with Gasteiger partial charge in [-0.05, 0) is 46.8 Å². The number of nitrogens with zero attached hydrogens (tertiary/aromatic N) is 1. The highest BCUT2D eigenvalue weighted by Gasteiger charge is 2.09. The van der Waals surface area contributed by atoms with E-state index in [1.165, 1.54) is 0 Å². The van der Waals surface area contributed by atoms with Crippen LogP contribution in [0.1, 0.15) is 25.8 Å². The van der Waals surface area contributed by atoms with Crippen molar-refractivity contribution in [1.29, 1.82) is 0 Å². The lowest BCUT2D eigenvalue weighted by atomic mass is 10.1. The molecule has 0 saturated heterocycles. The van der Waals surface area contributed by atoms with Crippen molar-refractivity contribution in [1.82, 2.24) is 4.98 Å². The van der Waals surface area contributed by atoms with Crippen molar-refractivity contribution in [3.63, 3.8) is 0 Å². The molecule has 0 aliphatic rings. The van der Waals surface area contributed by atoms with Gasteiger partial charge in [0.15, 0.2) is 0 Å². The van der Waals surface area contributed by atoms with Crippen molar-refractivity contribution in [2.45, 2.75) is 33.3 Å². The SMILES string of the molecule is Cc1ccnc(NCC(O)CC(C)C)c1Br. The smallest absolute Gasteiger partial charge is 0.140 e. The van der Waals surface area contributed by atoms with Gasteiger partial charge >= 0.3 is 0 Å². The van der Waals surface area contributed by atoms with E-state index in [0.717, 1.165) is 22.3 Å². The Morgan fingerprint density at radius 2 is 2.19 bits per heavy atom. The number of halogens is 1. The molecule has 16 heavy (non-hydrogen) atoms. The zero-order valence-corrected chi connectivity index (χ0v) is 11.6. The number of pyridine rings is 1. The van der Waals surface area contributed by atoms with Gasteiger partial charge in [0.2, 0.25) is 0 Å². The lowest BCUT2D eigenvalue weighted by Crippen LogP contribution is -2.21. The molecular weight excluding hydrogens is 268 g/mol. The second-order valence-corrected chi connectivity index (χ2v) is 5.25. The normalized spacial score (nSPS) is 12.9. The summed E-state index contributed by atoms with van der Waals surface area (Å²) in [6, 6.07) is 1.94. The first kappa shape index (κ1) is 13.5. The van der Waals surface area contributed by atoms with Crippen LogP contribution in [-0.2, 0) is 0 Å². The van der Waals surface area contributed by atoms with E-state index in [1.54, 1.807) is 6.20 Å². The third-order valence-corrected chi connectivity index (χ3v) is 3.33. The van der Waals surface area contributed by atoms with Crippen LogP contribution in [0.4, 0.5) is 5.82 Å². The van der Waals surface area contributed by atoms with Crippen molar-refractivity contribution in [2.75, 3.05) is 11.9 Å². The highest BCUT2D eigenvalue weighted by molar-refractivity contribution is 9.10. The molecule has 0 spiro atoms. The summed E-state index contributed by atoms with van der Waals surface area (Å²) >= 11 is 3.47. The molecule has 0 radical (unpaired) electrons. The Bertz CT molecular complexity index is 342. The molecule has 0 bridgehead atoms. The predicted octanol–water partition coefficient (Wildman–Crippen LogP) is 2.97. The minimum atomic E-state index is -0.325. The summed E-state index contributed by atoms with van der Waals surface area (Å²) in [7, 11) is 0.